The van der Waals surface area contributed by atoms with Crippen molar-refractivity contribution in [3.8, 4) is 0 Å². The summed E-state index contributed by atoms with van der Waals surface area (Å²) in [5, 5.41) is 3.09. The quantitative estimate of drug-likeness (QED) is 0.586. The standard InChI is InChI=1S/C23H29N3O/c1-4-5-8-13-24-22(27)15-20(19-12-7-6-10-17(19)2)21-16-25-23-18(3)11-9-14-26(21)23/h6-7,9-12,14,16,20H,4-5,8,13,15H2,1-3H3,(H,24,27). The van der Waals surface area contributed by atoms with Gasteiger partial charge in [0.15, 0.2) is 0 Å². The molecule has 0 saturated carbocycles. The van der Waals surface area contributed by atoms with Gasteiger partial charge in [0.05, 0.1) is 5.69 Å². The van der Waals surface area contributed by atoms with E-state index in [4.69, 9.17) is 0 Å². The summed E-state index contributed by atoms with van der Waals surface area (Å²) in [5.74, 6) is 0.0798. The van der Waals surface area contributed by atoms with Crippen LogP contribution in [0.15, 0.2) is 48.8 Å². The Hall–Kier alpha value is -2.62. The Balaban J connectivity index is 1.92. The zero-order chi connectivity index (χ0) is 19.2. The molecule has 3 rings (SSSR count). The van der Waals surface area contributed by atoms with Crippen LogP contribution in [0.25, 0.3) is 5.65 Å². The van der Waals surface area contributed by atoms with Crippen LogP contribution in [0, 0.1) is 13.8 Å². The Morgan fingerprint density at radius 3 is 2.67 bits per heavy atom. The van der Waals surface area contributed by atoms with E-state index >= 15 is 0 Å². The van der Waals surface area contributed by atoms with Crippen LogP contribution in [-0.4, -0.2) is 21.8 Å². The van der Waals surface area contributed by atoms with Crippen molar-refractivity contribution in [2.75, 3.05) is 6.54 Å². The van der Waals surface area contributed by atoms with Crippen LogP contribution in [0.5, 0.6) is 0 Å². The molecule has 1 unspecified atom stereocenters. The van der Waals surface area contributed by atoms with Gasteiger partial charge in [-0.25, -0.2) is 4.98 Å². The van der Waals surface area contributed by atoms with Crippen LogP contribution in [-0.2, 0) is 4.79 Å². The molecule has 0 bridgehead atoms. The maximum Gasteiger partial charge on any atom is 0.221 e. The number of hydrogen-bond acceptors (Lipinski definition) is 2. The van der Waals surface area contributed by atoms with Gasteiger partial charge < -0.3 is 9.72 Å². The fourth-order valence-corrected chi connectivity index (χ4v) is 3.64. The molecule has 1 amide bonds. The number of fused-ring (bicyclic) bond motifs is 1. The zero-order valence-corrected chi connectivity index (χ0v) is 16.5. The Bertz CT molecular complexity index is 913. The molecular weight excluding hydrogens is 334 g/mol. The molecule has 1 N–H and O–H groups in total. The second kappa shape index (κ2) is 8.85. The number of rotatable bonds is 8. The monoisotopic (exact) mass is 363 g/mol. The summed E-state index contributed by atoms with van der Waals surface area (Å²) < 4.78 is 2.12. The number of carbonyl (C=O) groups is 1. The van der Waals surface area contributed by atoms with Gasteiger partial charge in [0, 0.05) is 31.3 Å². The summed E-state index contributed by atoms with van der Waals surface area (Å²) in [4.78, 5) is 17.3. The Morgan fingerprint density at radius 2 is 1.89 bits per heavy atom. The molecule has 4 nitrogen and oxygen atoms in total. The van der Waals surface area contributed by atoms with Gasteiger partial charge in [-0.15, -0.1) is 0 Å². The number of hydrogen-bond donors (Lipinski definition) is 1. The first-order valence-electron chi connectivity index (χ1n) is 9.86. The lowest BCUT2D eigenvalue weighted by Crippen LogP contribution is -2.26. The highest BCUT2D eigenvalue weighted by molar-refractivity contribution is 5.77. The minimum Gasteiger partial charge on any atom is -0.356 e. The summed E-state index contributed by atoms with van der Waals surface area (Å²) >= 11 is 0. The Morgan fingerprint density at radius 1 is 1.11 bits per heavy atom. The highest BCUT2D eigenvalue weighted by Crippen LogP contribution is 2.31. The highest BCUT2D eigenvalue weighted by atomic mass is 16.1. The molecule has 0 aliphatic heterocycles. The number of imidazole rings is 1. The number of benzene rings is 1. The minimum atomic E-state index is -0.0193. The highest BCUT2D eigenvalue weighted by Gasteiger charge is 2.23. The van der Waals surface area contributed by atoms with Crippen molar-refractivity contribution in [1.29, 1.82) is 0 Å². The summed E-state index contributed by atoms with van der Waals surface area (Å²) in [7, 11) is 0. The fourth-order valence-electron chi connectivity index (χ4n) is 3.64. The number of aryl methyl sites for hydroxylation is 2. The second-order valence-electron chi connectivity index (χ2n) is 7.24. The van der Waals surface area contributed by atoms with Crippen molar-refractivity contribution >= 4 is 11.6 Å². The van der Waals surface area contributed by atoms with E-state index in [1.807, 2.05) is 30.6 Å². The first-order chi connectivity index (χ1) is 13.1. The molecule has 27 heavy (non-hydrogen) atoms. The third-order valence-electron chi connectivity index (χ3n) is 5.17. The largest absolute Gasteiger partial charge is 0.356 e. The number of unbranched alkanes of at least 4 members (excludes halogenated alkanes) is 2. The molecule has 2 aromatic heterocycles. The number of carbonyl (C=O) groups excluding carboxylic acids is 1. The van der Waals surface area contributed by atoms with Crippen molar-refractivity contribution in [3.05, 3.63) is 71.2 Å². The van der Waals surface area contributed by atoms with Gasteiger partial charge >= 0.3 is 0 Å². The van der Waals surface area contributed by atoms with Crippen LogP contribution in [0.2, 0.25) is 0 Å². The van der Waals surface area contributed by atoms with Crippen LogP contribution >= 0.6 is 0 Å². The summed E-state index contributed by atoms with van der Waals surface area (Å²) in [6.07, 6.45) is 7.72. The van der Waals surface area contributed by atoms with Crippen molar-refractivity contribution < 1.29 is 4.79 Å². The summed E-state index contributed by atoms with van der Waals surface area (Å²) in [6.45, 7) is 7.09. The molecule has 0 saturated heterocycles. The number of nitrogens with one attached hydrogen (secondary N) is 1. The molecule has 1 atom stereocenters. The molecule has 2 heterocycles. The Labute approximate surface area is 161 Å². The topological polar surface area (TPSA) is 46.4 Å². The van der Waals surface area contributed by atoms with E-state index in [-0.39, 0.29) is 11.8 Å². The van der Waals surface area contributed by atoms with Gasteiger partial charge in [-0.3, -0.25) is 4.79 Å². The molecule has 142 valence electrons. The van der Waals surface area contributed by atoms with Gasteiger partial charge in [0.25, 0.3) is 0 Å². The van der Waals surface area contributed by atoms with Gasteiger partial charge in [0.2, 0.25) is 5.91 Å². The number of amides is 1. The molecule has 0 radical (unpaired) electrons. The second-order valence-corrected chi connectivity index (χ2v) is 7.24. The van der Waals surface area contributed by atoms with E-state index in [0.717, 1.165) is 42.7 Å². The predicted molar refractivity (Wildman–Crippen MR) is 110 cm³/mol. The first-order valence-corrected chi connectivity index (χ1v) is 9.86. The van der Waals surface area contributed by atoms with Gasteiger partial charge in [-0.2, -0.15) is 0 Å². The third kappa shape index (κ3) is 4.38. The van der Waals surface area contributed by atoms with E-state index in [1.54, 1.807) is 0 Å². The molecular formula is C23H29N3O. The van der Waals surface area contributed by atoms with Gasteiger partial charge in [-0.1, -0.05) is 50.1 Å². The van der Waals surface area contributed by atoms with Crippen LogP contribution in [0.3, 0.4) is 0 Å². The lowest BCUT2D eigenvalue weighted by molar-refractivity contribution is -0.121. The maximum atomic E-state index is 12.7. The lowest BCUT2D eigenvalue weighted by Gasteiger charge is -2.19. The third-order valence-corrected chi connectivity index (χ3v) is 5.17. The molecule has 4 heteroatoms. The van der Waals surface area contributed by atoms with E-state index in [1.165, 1.54) is 11.1 Å². The van der Waals surface area contributed by atoms with E-state index in [9.17, 15) is 4.79 Å². The van der Waals surface area contributed by atoms with Crippen LogP contribution in [0.1, 0.15) is 60.9 Å². The number of aromatic nitrogens is 2. The average molecular weight is 364 g/mol. The lowest BCUT2D eigenvalue weighted by atomic mass is 9.89. The van der Waals surface area contributed by atoms with Crippen molar-refractivity contribution in [2.45, 2.75) is 52.4 Å². The smallest absolute Gasteiger partial charge is 0.221 e. The summed E-state index contributed by atoms with van der Waals surface area (Å²) in [5.41, 5.74) is 5.53. The maximum absolute atomic E-state index is 12.7. The fraction of sp³-hybridized carbons (Fsp3) is 0.391. The van der Waals surface area contributed by atoms with E-state index in [2.05, 4.69) is 53.7 Å². The molecule has 1 aromatic carbocycles. The van der Waals surface area contributed by atoms with E-state index < -0.39 is 0 Å². The van der Waals surface area contributed by atoms with Crippen LogP contribution < -0.4 is 5.32 Å². The van der Waals surface area contributed by atoms with Crippen molar-refractivity contribution in [2.24, 2.45) is 0 Å². The zero-order valence-electron chi connectivity index (χ0n) is 16.5. The first kappa shape index (κ1) is 19.2. The number of nitrogens with zero attached hydrogens (tertiary/aromatic N) is 2. The van der Waals surface area contributed by atoms with Crippen LogP contribution in [0.4, 0.5) is 0 Å². The molecule has 0 spiro atoms. The van der Waals surface area contributed by atoms with Gasteiger partial charge in [0.1, 0.15) is 5.65 Å². The average Bonchev–Trinajstić information content (AvgIpc) is 3.09. The Kier molecular flexibility index (Phi) is 6.28. The van der Waals surface area contributed by atoms with E-state index in [0.29, 0.717) is 6.42 Å². The molecule has 0 aliphatic carbocycles. The predicted octanol–water partition coefficient (Wildman–Crippen LogP) is 4.78. The molecule has 0 fully saturated rings. The minimum absolute atomic E-state index is 0.0193. The van der Waals surface area contributed by atoms with Gasteiger partial charge in [-0.05, 0) is 43.0 Å². The SMILES string of the molecule is CCCCCNC(=O)CC(c1ccccc1C)c1cnc2c(C)cccn12. The molecule has 3 aromatic rings. The normalized spacial score (nSPS) is 12.3. The molecule has 0 aliphatic rings. The van der Waals surface area contributed by atoms with Crippen molar-refractivity contribution in [1.82, 2.24) is 14.7 Å². The summed E-state index contributed by atoms with van der Waals surface area (Å²) in [6, 6.07) is 12.4. The number of pyridine rings is 1. The van der Waals surface area contributed by atoms with Crippen molar-refractivity contribution in [3.63, 3.8) is 0 Å².